The molecule has 0 fully saturated rings. The molecule has 0 aromatic heterocycles. The Kier molecular flexibility index (Phi) is 5.55. The molecule has 140 valence electrons. The van der Waals surface area contributed by atoms with E-state index >= 15 is 0 Å². The highest BCUT2D eigenvalue weighted by atomic mass is 32.2. The first-order valence-corrected chi connectivity index (χ1v) is 8.70. The second-order valence-electron chi connectivity index (χ2n) is 5.39. The zero-order valence-electron chi connectivity index (χ0n) is 13.4. The van der Waals surface area contributed by atoms with Crippen LogP contribution in [0.3, 0.4) is 0 Å². The topological polar surface area (TPSA) is 75.3 Å². The molecule has 0 atom stereocenters. The molecule has 0 radical (unpaired) electrons. The fourth-order valence-electron chi connectivity index (χ4n) is 1.94. The van der Waals surface area contributed by atoms with Gasteiger partial charge in [-0.25, -0.2) is 12.8 Å². The van der Waals surface area contributed by atoms with Gasteiger partial charge in [-0.2, -0.15) is 13.2 Å². The van der Waals surface area contributed by atoms with Gasteiger partial charge >= 0.3 is 6.18 Å². The number of sulfonamides is 1. The van der Waals surface area contributed by atoms with Crippen LogP contribution in [0.2, 0.25) is 0 Å². The van der Waals surface area contributed by atoms with Gasteiger partial charge in [-0.15, -0.1) is 0 Å². The maximum absolute atomic E-state index is 13.5. The van der Waals surface area contributed by atoms with Crippen LogP contribution in [0.5, 0.6) is 0 Å². The van der Waals surface area contributed by atoms with E-state index in [1.54, 1.807) is 5.32 Å². The van der Waals surface area contributed by atoms with E-state index in [9.17, 15) is 30.8 Å². The molecule has 0 aliphatic rings. The SMILES string of the molecule is Cc1ccc(NS(=O)(=O)c2ccc(C(=O)NCC(F)(F)F)cc2)cc1F. The molecule has 2 N–H and O–H groups in total. The van der Waals surface area contributed by atoms with Crippen LogP contribution in [0.4, 0.5) is 23.2 Å². The predicted molar refractivity (Wildman–Crippen MR) is 86.8 cm³/mol. The lowest BCUT2D eigenvalue weighted by atomic mass is 10.2. The minimum absolute atomic E-state index is 0.0140. The molecular weight excluding hydrogens is 376 g/mol. The summed E-state index contributed by atoms with van der Waals surface area (Å²) in [4.78, 5) is 11.4. The Labute approximate surface area is 147 Å². The monoisotopic (exact) mass is 390 g/mol. The summed E-state index contributed by atoms with van der Waals surface area (Å²) in [5.41, 5.74) is 0.233. The molecule has 0 aliphatic carbocycles. The lowest BCUT2D eigenvalue weighted by molar-refractivity contribution is -0.123. The summed E-state index contributed by atoms with van der Waals surface area (Å²) >= 11 is 0. The number of carbonyl (C=O) groups is 1. The molecule has 0 saturated heterocycles. The van der Waals surface area contributed by atoms with Gasteiger partial charge in [-0.3, -0.25) is 9.52 Å². The van der Waals surface area contributed by atoms with Crippen molar-refractivity contribution in [3.8, 4) is 0 Å². The highest BCUT2D eigenvalue weighted by molar-refractivity contribution is 7.92. The number of amides is 1. The van der Waals surface area contributed by atoms with Crippen molar-refractivity contribution in [1.82, 2.24) is 5.32 Å². The van der Waals surface area contributed by atoms with Gasteiger partial charge in [0.2, 0.25) is 0 Å². The van der Waals surface area contributed by atoms with Crippen LogP contribution in [0.25, 0.3) is 0 Å². The average Bonchev–Trinajstić information content (AvgIpc) is 2.55. The largest absolute Gasteiger partial charge is 0.405 e. The van der Waals surface area contributed by atoms with Crippen molar-refractivity contribution >= 4 is 21.6 Å². The second kappa shape index (κ2) is 7.32. The normalized spacial score (nSPS) is 11.9. The average molecular weight is 390 g/mol. The number of hydrogen-bond acceptors (Lipinski definition) is 3. The van der Waals surface area contributed by atoms with Crippen LogP contribution in [0, 0.1) is 12.7 Å². The number of hydrogen-bond donors (Lipinski definition) is 2. The first kappa shape index (κ1) is 19.7. The number of halogens is 4. The Morgan fingerprint density at radius 2 is 1.69 bits per heavy atom. The fourth-order valence-corrected chi connectivity index (χ4v) is 2.99. The fraction of sp³-hybridized carbons (Fsp3) is 0.188. The minimum Gasteiger partial charge on any atom is -0.343 e. The smallest absolute Gasteiger partial charge is 0.343 e. The van der Waals surface area contributed by atoms with Crippen LogP contribution in [-0.4, -0.2) is 27.0 Å². The van der Waals surface area contributed by atoms with E-state index in [1.165, 1.54) is 19.1 Å². The van der Waals surface area contributed by atoms with Crippen molar-refractivity contribution < 1.29 is 30.8 Å². The third-order valence-corrected chi connectivity index (χ3v) is 4.70. The molecule has 5 nitrogen and oxygen atoms in total. The van der Waals surface area contributed by atoms with Gasteiger partial charge in [0, 0.05) is 5.56 Å². The molecule has 1 amide bonds. The van der Waals surface area contributed by atoms with E-state index in [1.807, 2.05) is 0 Å². The van der Waals surface area contributed by atoms with Crippen molar-refractivity contribution in [3.63, 3.8) is 0 Å². The van der Waals surface area contributed by atoms with E-state index in [-0.39, 0.29) is 16.1 Å². The zero-order chi connectivity index (χ0) is 19.5. The molecule has 0 spiro atoms. The molecule has 0 aliphatic heterocycles. The van der Waals surface area contributed by atoms with Gasteiger partial charge in [0.25, 0.3) is 15.9 Å². The zero-order valence-corrected chi connectivity index (χ0v) is 14.2. The summed E-state index contributed by atoms with van der Waals surface area (Å²) in [5.74, 6) is -1.57. The van der Waals surface area contributed by atoms with Crippen molar-refractivity contribution in [1.29, 1.82) is 0 Å². The molecule has 0 unspecified atom stereocenters. The van der Waals surface area contributed by atoms with Gasteiger partial charge in [0.1, 0.15) is 12.4 Å². The van der Waals surface area contributed by atoms with Crippen molar-refractivity contribution in [2.45, 2.75) is 18.0 Å². The summed E-state index contributed by atoms with van der Waals surface area (Å²) in [6.07, 6.45) is -4.55. The Bertz CT molecular complexity index is 910. The van der Waals surface area contributed by atoms with Crippen LogP contribution in [0.15, 0.2) is 47.4 Å². The van der Waals surface area contributed by atoms with E-state index < -0.39 is 34.5 Å². The van der Waals surface area contributed by atoms with E-state index in [2.05, 4.69) is 4.72 Å². The lowest BCUT2D eigenvalue weighted by Crippen LogP contribution is -2.33. The quantitative estimate of drug-likeness (QED) is 0.770. The summed E-state index contributed by atoms with van der Waals surface area (Å²) in [5, 5.41) is 1.68. The molecular formula is C16H14F4N2O3S. The first-order valence-electron chi connectivity index (χ1n) is 7.22. The van der Waals surface area contributed by atoms with Gasteiger partial charge in [0.15, 0.2) is 0 Å². The molecule has 2 aromatic rings. The summed E-state index contributed by atoms with van der Waals surface area (Å²) in [6.45, 7) is 0.0304. The molecule has 2 aromatic carbocycles. The Morgan fingerprint density at radius 1 is 1.08 bits per heavy atom. The Balaban J connectivity index is 2.13. The molecule has 0 bridgehead atoms. The van der Waals surface area contributed by atoms with Gasteiger partial charge in [-0.1, -0.05) is 6.07 Å². The molecule has 0 heterocycles. The third-order valence-electron chi connectivity index (χ3n) is 3.30. The molecule has 2 rings (SSSR count). The number of carbonyl (C=O) groups excluding carboxylic acids is 1. The molecule has 10 heteroatoms. The third kappa shape index (κ3) is 5.19. The number of rotatable bonds is 5. The van der Waals surface area contributed by atoms with Crippen LogP contribution in [-0.2, 0) is 10.0 Å². The van der Waals surface area contributed by atoms with Crippen LogP contribution < -0.4 is 10.0 Å². The van der Waals surface area contributed by atoms with Gasteiger partial charge in [-0.05, 0) is 48.9 Å². The van der Waals surface area contributed by atoms with Crippen molar-refractivity contribution in [2.24, 2.45) is 0 Å². The molecule has 26 heavy (non-hydrogen) atoms. The highest BCUT2D eigenvalue weighted by Gasteiger charge is 2.28. The van der Waals surface area contributed by atoms with Crippen LogP contribution >= 0.6 is 0 Å². The maximum atomic E-state index is 13.5. The maximum Gasteiger partial charge on any atom is 0.405 e. The van der Waals surface area contributed by atoms with Crippen molar-refractivity contribution in [2.75, 3.05) is 11.3 Å². The predicted octanol–water partition coefficient (Wildman–Crippen LogP) is 3.23. The summed E-state index contributed by atoms with van der Waals surface area (Å²) < 4.78 is 76.4. The van der Waals surface area contributed by atoms with E-state index in [0.717, 1.165) is 30.3 Å². The number of alkyl halides is 3. The van der Waals surface area contributed by atoms with E-state index in [4.69, 9.17) is 0 Å². The summed E-state index contributed by atoms with van der Waals surface area (Å²) in [7, 11) is -4.05. The standard InChI is InChI=1S/C16H14F4N2O3S/c1-10-2-5-12(8-14(10)17)22-26(24,25)13-6-3-11(4-7-13)15(23)21-9-16(18,19)20/h2-8,22H,9H2,1H3,(H,21,23). The van der Waals surface area contributed by atoms with Crippen molar-refractivity contribution in [3.05, 3.63) is 59.4 Å². The number of anilines is 1. The Hall–Kier alpha value is -2.62. The second-order valence-corrected chi connectivity index (χ2v) is 7.07. The van der Waals surface area contributed by atoms with Gasteiger partial charge < -0.3 is 5.32 Å². The van der Waals surface area contributed by atoms with Gasteiger partial charge in [0.05, 0.1) is 10.6 Å². The summed E-state index contributed by atoms with van der Waals surface area (Å²) in [6, 6.07) is 8.10. The van der Waals surface area contributed by atoms with Crippen LogP contribution in [0.1, 0.15) is 15.9 Å². The van der Waals surface area contributed by atoms with E-state index in [0.29, 0.717) is 5.56 Å². The molecule has 0 saturated carbocycles. The number of nitrogens with one attached hydrogen (secondary N) is 2. The first-order chi connectivity index (χ1) is 12.0. The minimum atomic E-state index is -4.55. The number of benzene rings is 2. The Morgan fingerprint density at radius 3 is 2.23 bits per heavy atom. The lowest BCUT2D eigenvalue weighted by Gasteiger charge is -2.10. The number of aryl methyl sites for hydroxylation is 1. The highest BCUT2D eigenvalue weighted by Crippen LogP contribution is 2.19.